The van der Waals surface area contributed by atoms with E-state index < -0.39 is 12.0 Å². The molecule has 0 aromatic carbocycles. The molecule has 5 nitrogen and oxygen atoms in total. The number of amides is 1. The maximum Gasteiger partial charge on any atom is 0.326 e. The van der Waals surface area contributed by atoms with Crippen LogP contribution in [0.3, 0.4) is 0 Å². The summed E-state index contributed by atoms with van der Waals surface area (Å²) in [5.74, 6) is -0.372. The zero-order valence-corrected chi connectivity index (χ0v) is 12.7. The molecule has 1 N–H and O–H groups in total. The van der Waals surface area contributed by atoms with Crippen molar-refractivity contribution in [3.8, 4) is 0 Å². The molecule has 0 spiro atoms. The second-order valence-corrected chi connectivity index (χ2v) is 5.77. The first-order valence-corrected chi connectivity index (χ1v) is 7.23. The van der Waals surface area contributed by atoms with Gasteiger partial charge in [0.1, 0.15) is 11.8 Å². The van der Waals surface area contributed by atoms with E-state index in [4.69, 9.17) is 4.42 Å². The normalized spacial score (nSPS) is 23.2. The molecule has 6 heteroatoms. The predicted molar refractivity (Wildman–Crippen MR) is 77.0 cm³/mol. The van der Waals surface area contributed by atoms with E-state index in [0.717, 1.165) is 6.42 Å². The second kappa shape index (κ2) is 6.26. The number of piperidine rings is 1. The smallest absolute Gasteiger partial charge is 0.326 e. The number of hydrogen-bond acceptors (Lipinski definition) is 3. The lowest BCUT2D eigenvalue weighted by Gasteiger charge is -2.35. The van der Waals surface area contributed by atoms with Crippen molar-refractivity contribution in [3.63, 3.8) is 0 Å². The summed E-state index contributed by atoms with van der Waals surface area (Å²) in [5, 5.41) is 9.22. The molecule has 1 aliphatic heterocycles. The number of carboxylic acids is 1. The van der Waals surface area contributed by atoms with Crippen LogP contribution in [0.2, 0.25) is 0 Å². The van der Waals surface area contributed by atoms with Crippen molar-refractivity contribution in [3.05, 3.63) is 28.6 Å². The lowest BCUT2D eigenvalue weighted by molar-refractivity contribution is -0.151. The van der Waals surface area contributed by atoms with Crippen LogP contribution in [0.1, 0.15) is 25.5 Å². The van der Waals surface area contributed by atoms with Crippen LogP contribution in [0.4, 0.5) is 0 Å². The zero-order chi connectivity index (χ0) is 14.7. The monoisotopic (exact) mass is 341 g/mol. The van der Waals surface area contributed by atoms with Crippen LogP contribution in [-0.2, 0) is 9.59 Å². The fraction of sp³-hybridized carbons (Fsp3) is 0.429. The molecule has 1 aromatic heterocycles. The maximum atomic E-state index is 12.1. The van der Waals surface area contributed by atoms with Gasteiger partial charge in [0.25, 0.3) is 0 Å². The molecule has 1 aliphatic rings. The number of furan rings is 1. The number of halogens is 1. The highest BCUT2D eigenvalue weighted by atomic mass is 79.9. The zero-order valence-electron chi connectivity index (χ0n) is 11.1. The molecule has 0 saturated carbocycles. The molecule has 1 amide bonds. The van der Waals surface area contributed by atoms with Gasteiger partial charge in [-0.3, -0.25) is 4.79 Å². The number of aliphatic carboxylic acids is 1. The van der Waals surface area contributed by atoms with Gasteiger partial charge in [-0.15, -0.1) is 0 Å². The Morgan fingerprint density at radius 3 is 2.85 bits per heavy atom. The van der Waals surface area contributed by atoms with Gasteiger partial charge in [-0.05, 0) is 52.9 Å². The molecule has 2 unspecified atom stereocenters. The average molecular weight is 342 g/mol. The fourth-order valence-electron chi connectivity index (χ4n) is 2.31. The van der Waals surface area contributed by atoms with Crippen molar-refractivity contribution in [2.24, 2.45) is 5.92 Å². The molecular weight excluding hydrogens is 326 g/mol. The Balaban J connectivity index is 2.07. The third kappa shape index (κ3) is 3.50. The number of carboxylic acid groups (broad SMARTS) is 1. The van der Waals surface area contributed by atoms with E-state index in [9.17, 15) is 14.7 Å². The summed E-state index contributed by atoms with van der Waals surface area (Å²) in [6.07, 6.45) is 4.23. The highest BCUT2D eigenvalue weighted by Crippen LogP contribution is 2.23. The number of likely N-dealkylation sites (tertiary alicyclic amines) is 1. The Bertz CT molecular complexity index is 537. The topological polar surface area (TPSA) is 70.8 Å². The maximum absolute atomic E-state index is 12.1. The van der Waals surface area contributed by atoms with E-state index in [1.54, 1.807) is 18.2 Å². The lowest BCUT2D eigenvalue weighted by Crippen LogP contribution is -2.49. The molecule has 20 heavy (non-hydrogen) atoms. The third-order valence-electron chi connectivity index (χ3n) is 3.42. The average Bonchev–Trinajstić information content (AvgIpc) is 2.81. The molecule has 1 aromatic rings. The van der Waals surface area contributed by atoms with Crippen LogP contribution in [0.5, 0.6) is 0 Å². The van der Waals surface area contributed by atoms with Gasteiger partial charge >= 0.3 is 5.97 Å². The summed E-state index contributed by atoms with van der Waals surface area (Å²) in [4.78, 5) is 24.8. The summed E-state index contributed by atoms with van der Waals surface area (Å²) < 4.78 is 5.84. The van der Waals surface area contributed by atoms with Crippen LogP contribution in [0, 0.1) is 5.92 Å². The van der Waals surface area contributed by atoms with Crippen molar-refractivity contribution in [1.82, 2.24) is 4.90 Å². The minimum Gasteiger partial charge on any atom is -0.480 e. The lowest BCUT2D eigenvalue weighted by atomic mass is 9.92. The van der Waals surface area contributed by atoms with E-state index in [-0.39, 0.29) is 5.91 Å². The van der Waals surface area contributed by atoms with Crippen molar-refractivity contribution in [2.45, 2.75) is 25.8 Å². The van der Waals surface area contributed by atoms with Gasteiger partial charge in [0.2, 0.25) is 5.91 Å². The number of rotatable bonds is 3. The van der Waals surface area contributed by atoms with Gasteiger partial charge in [0, 0.05) is 12.6 Å². The Morgan fingerprint density at radius 2 is 2.25 bits per heavy atom. The highest BCUT2D eigenvalue weighted by molar-refractivity contribution is 9.10. The third-order valence-corrected chi connectivity index (χ3v) is 3.84. The molecule has 1 fully saturated rings. The second-order valence-electron chi connectivity index (χ2n) is 4.99. The Hall–Kier alpha value is -1.56. The molecule has 108 valence electrons. The van der Waals surface area contributed by atoms with Crippen molar-refractivity contribution in [2.75, 3.05) is 6.54 Å². The number of hydrogen-bond donors (Lipinski definition) is 1. The fourth-order valence-corrected chi connectivity index (χ4v) is 2.63. The standard InChI is InChI=1S/C14H16BrNO4/c1-9-6-7-16(11(8-9)14(18)19)13(17)5-3-10-2-4-12(15)20-10/h2-5,9,11H,6-8H2,1H3,(H,18,19)/b5-3+. The van der Waals surface area contributed by atoms with Crippen LogP contribution < -0.4 is 0 Å². The van der Waals surface area contributed by atoms with Crippen LogP contribution in [0.25, 0.3) is 6.08 Å². The summed E-state index contributed by atoms with van der Waals surface area (Å²) in [6, 6.07) is 2.72. The molecule has 0 radical (unpaired) electrons. The molecule has 2 rings (SSSR count). The molecule has 2 heterocycles. The van der Waals surface area contributed by atoms with Gasteiger partial charge in [-0.25, -0.2) is 4.79 Å². The highest BCUT2D eigenvalue weighted by Gasteiger charge is 2.33. The minimum atomic E-state index is -0.945. The number of carbonyl (C=O) groups is 2. The largest absolute Gasteiger partial charge is 0.480 e. The van der Waals surface area contributed by atoms with Gasteiger partial charge in [0.15, 0.2) is 4.67 Å². The SMILES string of the molecule is CC1CCN(C(=O)/C=C/c2ccc(Br)o2)C(C(=O)O)C1. The minimum absolute atomic E-state index is 0.295. The Kier molecular flexibility index (Phi) is 4.65. The van der Waals surface area contributed by atoms with Crippen molar-refractivity contribution in [1.29, 1.82) is 0 Å². The molecule has 0 bridgehead atoms. The van der Waals surface area contributed by atoms with E-state index in [2.05, 4.69) is 15.9 Å². The van der Waals surface area contributed by atoms with E-state index in [1.165, 1.54) is 11.0 Å². The summed E-state index contributed by atoms with van der Waals surface area (Å²) in [5.41, 5.74) is 0. The van der Waals surface area contributed by atoms with Crippen LogP contribution >= 0.6 is 15.9 Å². The Labute approximate surface area is 125 Å². The Morgan fingerprint density at radius 1 is 1.50 bits per heavy atom. The predicted octanol–water partition coefficient (Wildman–Crippen LogP) is 2.77. The molecule has 1 saturated heterocycles. The first-order chi connectivity index (χ1) is 9.47. The number of nitrogens with zero attached hydrogens (tertiary/aromatic N) is 1. The van der Waals surface area contributed by atoms with Gasteiger partial charge < -0.3 is 14.4 Å². The summed E-state index contributed by atoms with van der Waals surface area (Å²) in [6.45, 7) is 2.48. The first kappa shape index (κ1) is 14.8. The molecule has 0 aliphatic carbocycles. The first-order valence-electron chi connectivity index (χ1n) is 6.44. The van der Waals surface area contributed by atoms with Gasteiger partial charge in [-0.2, -0.15) is 0 Å². The summed E-state index contributed by atoms with van der Waals surface area (Å²) >= 11 is 3.18. The van der Waals surface area contributed by atoms with Crippen LogP contribution in [-0.4, -0.2) is 34.5 Å². The van der Waals surface area contributed by atoms with E-state index >= 15 is 0 Å². The van der Waals surface area contributed by atoms with Gasteiger partial charge in [0.05, 0.1) is 0 Å². The molecule has 2 atom stereocenters. The van der Waals surface area contributed by atoms with E-state index in [0.29, 0.717) is 29.3 Å². The van der Waals surface area contributed by atoms with Crippen molar-refractivity contribution >= 4 is 33.9 Å². The van der Waals surface area contributed by atoms with E-state index in [1.807, 2.05) is 6.92 Å². The number of carbonyl (C=O) groups excluding carboxylic acids is 1. The summed E-state index contributed by atoms with van der Waals surface area (Å²) in [7, 11) is 0. The van der Waals surface area contributed by atoms with Crippen molar-refractivity contribution < 1.29 is 19.1 Å². The van der Waals surface area contributed by atoms with Gasteiger partial charge in [-0.1, -0.05) is 6.92 Å². The van der Waals surface area contributed by atoms with Crippen LogP contribution in [0.15, 0.2) is 27.3 Å². The quantitative estimate of drug-likeness (QED) is 0.858. The molecular formula is C14H16BrNO4.